The van der Waals surface area contributed by atoms with Gasteiger partial charge in [-0.3, -0.25) is 19.4 Å². The Morgan fingerprint density at radius 3 is 2.09 bits per heavy atom. The number of aliphatic hydroxyl groups excluding tert-OH is 1. The lowest BCUT2D eigenvalue weighted by molar-refractivity contribution is -0.253. The van der Waals surface area contributed by atoms with E-state index in [4.69, 9.17) is 14.6 Å². The van der Waals surface area contributed by atoms with Crippen LogP contribution in [0.15, 0.2) is 78.9 Å². The molecule has 0 unspecified atom stereocenters. The average molecular weight is 630 g/mol. The Labute approximate surface area is 272 Å². The van der Waals surface area contributed by atoms with Crippen LogP contribution in [0.4, 0.5) is 0 Å². The lowest BCUT2D eigenvalue weighted by atomic mass is 9.99. The average Bonchev–Trinajstić information content (AvgIpc) is 3.08. The topological polar surface area (TPSA) is 112 Å². The minimum atomic E-state index is -0.798. The molecule has 1 amide bonds. The molecule has 0 aromatic heterocycles. The Kier molecular flexibility index (Phi) is 12.7. The highest BCUT2D eigenvalue weighted by Crippen LogP contribution is 2.38. The number of unbranched alkanes of at least 4 members (excludes halogenated alkanes) is 2. The second kappa shape index (κ2) is 17.4. The molecule has 0 bridgehead atoms. The van der Waals surface area contributed by atoms with Crippen molar-refractivity contribution in [1.29, 1.82) is 0 Å². The van der Waals surface area contributed by atoms with Crippen LogP contribution in [0.5, 0.6) is 0 Å². The van der Waals surface area contributed by atoms with E-state index >= 15 is 0 Å². The molecule has 0 saturated carbocycles. The number of hydrogen-bond acceptors (Lipinski definition) is 7. The van der Waals surface area contributed by atoms with E-state index in [1.54, 1.807) is 0 Å². The van der Waals surface area contributed by atoms with E-state index < -0.39 is 12.3 Å². The summed E-state index contributed by atoms with van der Waals surface area (Å²) in [5.74, 6) is -0.829. The molecular formula is C37H47N3O6. The van der Waals surface area contributed by atoms with Crippen LogP contribution < -0.4 is 5.32 Å². The summed E-state index contributed by atoms with van der Waals surface area (Å²) in [5.41, 5.74) is 5.21. The van der Waals surface area contributed by atoms with Gasteiger partial charge in [0.2, 0.25) is 5.91 Å². The van der Waals surface area contributed by atoms with Crippen LogP contribution in [-0.4, -0.2) is 70.7 Å². The van der Waals surface area contributed by atoms with E-state index in [1.807, 2.05) is 48.5 Å². The molecule has 0 aliphatic carbocycles. The summed E-state index contributed by atoms with van der Waals surface area (Å²) in [7, 11) is 0. The van der Waals surface area contributed by atoms with Crippen molar-refractivity contribution in [2.24, 2.45) is 0 Å². The fraction of sp³-hybridized carbons (Fsp3) is 0.459. The summed E-state index contributed by atoms with van der Waals surface area (Å²) in [6.07, 6.45) is 2.64. The van der Waals surface area contributed by atoms with Gasteiger partial charge in [0.25, 0.3) is 0 Å². The first-order chi connectivity index (χ1) is 22.4. The Morgan fingerprint density at radius 2 is 1.39 bits per heavy atom. The van der Waals surface area contributed by atoms with Crippen LogP contribution in [0.25, 0.3) is 0 Å². The monoisotopic (exact) mass is 629 g/mol. The van der Waals surface area contributed by atoms with Crippen molar-refractivity contribution in [3.8, 4) is 0 Å². The highest BCUT2D eigenvalue weighted by Gasteiger charge is 2.33. The van der Waals surface area contributed by atoms with Crippen molar-refractivity contribution >= 4 is 11.9 Å². The van der Waals surface area contributed by atoms with E-state index in [-0.39, 0.29) is 31.1 Å². The van der Waals surface area contributed by atoms with E-state index in [0.29, 0.717) is 25.8 Å². The summed E-state index contributed by atoms with van der Waals surface area (Å²) >= 11 is 0. The number of hydrogen-bond donors (Lipinski definition) is 3. The van der Waals surface area contributed by atoms with Gasteiger partial charge in [0.1, 0.15) is 0 Å². The maximum absolute atomic E-state index is 12.3. The molecule has 2 saturated heterocycles. The SMILES string of the molecule is O=C(O)CCCCCC(=O)NCc1ccc([C@H]2O[C@@H](CN3CCN(Cc4ccccc4)CC3)C[C@@H](c3ccc(CO)cc3)O2)cc1. The summed E-state index contributed by atoms with van der Waals surface area (Å²) in [6.45, 7) is 6.30. The molecule has 2 aliphatic rings. The van der Waals surface area contributed by atoms with Crippen LogP contribution in [0.1, 0.15) is 78.7 Å². The zero-order valence-corrected chi connectivity index (χ0v) is 26.6. The van der Waals surface area contributed by atoms with Crippen LogP contribution in [0.3, 0.4) is 0 Å². The molecule has 0 radical (unpaired) electrons. The van der Waals surface area contributed by atoms with Gasteiger partial charge in [0.15, 0.2) is 6.29 Å². The molecule has 9 nitrogen and oxygen atoms in total. The van der Waals surface area contributed by atoms with Crippen LogP contribution in [-0.2, 0) is 38.8 Å². The number of carbonyl (C=O) groups excluding carboxylic acids is 1. The third kappa shape index (κ3) is 10.5. The number of ether oxygens (including phenoxy) is 2. The Hall–Kier alpha value is -3.60. The highest BCUT2D eigenvalue weighted by atomic mass is 16.7. The van der Waals surface area contributed by atoms with Gasteiger partial charge < -0.3 is 25.0 Å². The summed E-state index contributed by atoms with van der Waals surface area (Å²) in [6, 6.07) is 26.6. The normalized spacial score (nSPS) is 20.8. The van der Waals surface area contributed by atoms with Gasteiger partial charge in [0, 0.05) is 70.6 Å². The first kappa shape index (κ1) is 33.8. The standard InChI is InChI=1S/C37H47N3O6/c41-27-30-13-15-31(16-14-30)34-23-33(26-40-21-19-39(20-22-40)25-29-7-3-1-4-8-29)45-37(46-34)32-17-11-28(12-18-32)24-38-35(42)9-5-2-6-10-36(43)44/h1,3-4,7-8,11-18,33-34,37,41H,2,5-6,9-10,19-27H2,(H,38,42)(H,43,44)/t33-,34+,37+/m1/s1. The molecule has 3 aromatic rings. The molecule has 5 rings (SSSR count). The maximum Gasteiger partial charge on any atom is 0.303 e. The molecule has 46 heavy (non-hydrogen) atoms. The first-order valence-electron chi connectivity index (χ1n) is 16.5. The van der Waals surface area contributed by atoms with Crippen LogP contribution >= 0.6 is 0 Å². The number of nitrogens with zero attached hydrogens (tertiary/aromatic N) is 2. The number of carbonyl (C=O) groups is 2. The second-order valence-corrected chi connectivity index (χ2v) is 12.4. The molecule has 2 heterocycles. The molecule has 0 spiro atoms. The smallest absolute Gasteiger partial charge is 0.303 e. The van der Waals surface area contributed by atoms with Crippen molar-refractivity contribution in [3.63, 3.8) is 0 Å². The molecule has 3 aromatic carbocycles. The number of nitrogens with one attached hydrogen (secondary N) is 1. The molecule has 2 fully saturated rings. The molecule has 9 heteroatoms. The quantitative estimate of drug-likeness (QED) is 0.197. The van der Waals surface area contributed by atoms with Gasteiger partial charge in [-0.05, 0) is 35.1 Å². The second-order valence-electron chi connectivity index (χ2n) is 12.4. The zero-order valence-electron chi connectivity index (χ0n) is 26.6. The van der Waals surface area contributed by atoms with Crippen molar-refractivity contribution in [2.75, 3.05) is 32.7 Å². The fourth-order valence-electron chi connectivity index (χ4n) is 6.11. The van der Waals surface area contributed by atoms with Crippen molar-refractivity contribution in [3.05, 3.63) is 107 Å². The molecule has 2 aliphatic heterocycles. The molecular weight excluding hydrogens is 582 g/mol. The Bertz CT molecular complexity index is 1360. The van der Waals surface area contributed by atoms with Gasteiger partial charge in [0.05, 0.1) is 18.8 Å². The highest BCUT2D eigenvalue weighted by molar-refractivity contribution is 5.75. The van der Waals surface area contributed by atoms with Gasteiger partial charge in [-0.2, -0.15) is 0 Å². The van der Waals surface area contributed by atoms with Crippen LogP contribution in [0, 0.1) is 0 Å². The summed E-state index contributed by atoms with van der Waals surface area (Å²) < 4.78 is 13.1. The number of carboxylic acid groups (broad SMARTS) is 1. The van der Waals surface area contributed by atoms with Crippen LogP contribution in [0.2, 0.25) is 0 Å². The van der Waals surface area contributed by atoms with Gasteiger partial charge >= 0.3 is 5.97 Å². The predicted octanol–water partition coefficient (Wildman–Crippen LogP) is 5.19. The summed E-state index contributed by atoms with van der Waals surface area (Å²) in [5, 5.41) is 21.2. The number of amides is 1. The molecule has 246 valence electrons. The number of carboxylic acids is 1. The number of piperazine rings is 1. The minimum Gasteiger partial charge on any atom is -0.481 e. The lowest BCUT2D eigenvalue weighted by Crippen LogP contribution is -2.49. The van der Waals surface area contributed by atoms with Crippen molar-refractivity contribution in [2.45, 2.75) is 76.7 Å². The number of benzene rings is 3. The van der Waals surface area contributed by atoms with Gasteiger partial charge in [-0.1, -0.05) is 85.3 Å². The maximum atomic E-state index is 12.3. The Morgan fingerprint density at radius 1 is 0.739 bits per heavy atom. The summed E-state index contributed by atoms with van der Waals surface area (Å²) in [4.78, 5) is 27.9. The van der Waals surface area contributed by atoms with Crippen molar-refractivity contribution in [1.82, 2.24) is 15.1 Å². The number of rotatable bonds is 15. The third-order valence-electron chi connectivity index (χ3n) is 8.83. The largest absolute Gasteiger partial charge is 0.481 e. The molecule has 3 atom stereocenters. The van der Waals surface area contributed by atoms with Crippen molar-refractivity contribution < 1.29 is 29.3 Å². The Balaban J connectivity index is 1.16. The predicted molar refractivity (Wildman–Crippen MR) is 176 cm³/mol. The number of aliphatic carboxylic acids is 1. The van der Waals surface area contributed by atoms with E-state index in [0.717, 1.165) is 74.4 Å². The van der Waals surface area contributed by atoms with E-state index in [2.05, 4.69) is 45.4 Å². The lowest BCUT2D eigenvalue weighted by Gasteiger charge is -2.40. The van der Waals surface area contributed by atoms with Gasteiger partial charge in [-0.15, -0.1) is 0 Å². The van der Waals surface area contributed by atoms with E-state index in [9.17, 15) is 14.7 Å². The van der Waals surface area contributed by atoms with E-state index in [1.165, 1.54) is 5.56 Å². The fourth-order valence-corrected chi connectivity index (χ4v) is 6.11. The first-order valence-corrected chi connectivity index (χ1v) is 16.5. The third-order valence-corrected chi connectivity index (χ3v) is 8.83. The number of aliphatic hydroxyl groups is 1. The minimum absolute atomic E-state index is 0.00333. The van der Waals surface area contributed by atoms with Gasteiger partial charge in [-0.25, -0.2) is 0 Å². The molecule has 3 N–H and O–H groups in total. The zero-order chi connectivity index (χ0) is 32.1.